The van der Waals surface area contributed by atoms with Crippen molar-refractivity contribution in [3.05, 3.63) is 0 Å². The average Bonchev–Trinajstić information content (AvgIpc) is 3.28. The van der Waals surface area contributed by atoms with Crippen LogP contribution >= 0.6 is 0 Å². The summed E-state index contributed by atoms with van der Waals surface area (Å²) in [6.45, 7) is 0. The molecule has 3 nitrogen and oxygen atoms in total. The molecule has 0 bridgehead atoms. The van der Waals surface area contributed by atoms with Gasteiger partial charge in [-0.25, -0.2) is 0 Å². The summed E-state index contributed by atoms with van der Waals surface area (Å²) in [6.07, 6.45) is 16.6. The molecule has 0 aromatic heterocycles. The molecule has 1 heterocycles. The van der Waals surface area contributed by atoms with Gasteiger partial charge in [0, 0.05) is 14.2 Å². The molecule has 0 radical (unpaired) electrons. The van der Waals surface area contributed by atoms with E-state index in [4.69, 9.17) is 13.6 Å². The van der Waals surface area contributed by atoms with Crippen LogP contribution < -0.4 is 0 Å². The number of hydrogen-bond acceptors (Lipinski definition) is 3. The van der Waals surface area contributed by atoms with Gasteiger partial charge >= 0.3 is 9.28 Å². The molecule has 0 amide bonds. The minimum atomic E-state index is -1.29. The van der Waals surface area contributed by atoms with E-state index in [1.165, 1.54) is 76.7 Å². The first-order valence-electron chi connectivity index (χ1n) is 9.04. The van der Waals surface area contributed by atoms with Crippen LogP contribution in [0.4, 0.5) is 0 Å². The molecule has 2 fully saturated rings. The van der Waals surface area contributed by atoms with Crippen molar-refractivity contribution >= 4 is 9.28 Å². The molecule has 0 aromatic rings. The molecule has 4 heteroatoms. The Balaban J connectivity index is 1.32. The standard InChI is InChI=1S/C17H34O3Si/c1-18-21(19-2)13-9-7-5-3-4-6-8-10-15-11-12-16-17(14-15)20-16/h15-17,21H,3-14H2,1-2H3. The van der Waals surface area contributed by atoms with E-state index in [1.807, 2.05) is 0 Å². The third-order valence-electron chi connectivity index (χ3n) is 5.19. The van der Waals surface area contributed by atoms with Crippen LogP contribution in [0.2, 0.25) is 6.04 Å². The molecule has 2 aliphatic rings. The molecule has 1 aliphatic carbocycles. The average molecular weight is 315 g/mol. The molecule has 2 rings (SSSR count). The molecule has 3 atom stereocenters. The molecule has 124 valence electrons. The van der Waals surface area contributed by atoms with Crippen molar-refractivity contribution in [1.29, 1.82) is 0 Å². The second-order valence-corrected chi connectivity index (χ2v) is 9.22. The lowest BCUT2D eigenvalue weighted by Gasteiger charge is -2.18. The third-order valence-corrected chi connectivity index (χ3v) is 7.12. The van der Waals surface area contributed by atoms with Crippen molar-refractivity contribution in [2.75, 3.05) is 14.2 Å². The quantitative estimate of drug-likeness (QED) is 0.307. The van der Waals surface area contributed by atoms with Gasteiger partial charge in [0.15, 0.2) is 0 Å². The largest absolute Gasteiger partial charge is 0.400 e. The van der Waals surface area contributed by atoms with Crippen LogP contribution in [0.3, 0.4) is 0 Å². The van der Waals surface area contributed by atoms with Gasteiger partial charge < -0.3 is 13.6 Å². The van der Waals surface area contributed by atoms with Gasteiger partial charge in [-0.1, -0.05) is 51.4 Å². The fourth-order valence-corrected chi connectivity index (χ4v) is 4.99. The first kappa shape index (κ1) is 17.5. The zero-order valence-electron chi connectivity index (χ0n) is 14.0. The SMILES string of the molecule is CO[SiH](CCCCCCCCCC1CCC2OC2C1)OC. The number of rotatable bonds is 12. The van der Waals surface area contributed by atoms with Gasteiger partial charge in [0.25, 0.3) is 0 Å². The van der Waals surface area contributed by atoms with Crippen LogP contribution in [0.5, 0.6) is 0 Å². The number of ether oxygens (including phenoxy) is 1. The van der Waals surface area contributed by atoms with E-state index < -0.39 is 9.28 Å². The Labute approximate surface area is 132 Å². The van der Waals surface area contributed by atoms with Gasteiger partial charge in [0.1, 0.15) is 0 Å². The minimum absolute atomic E-state index is 0.662. The van der Waals surface area contributed by atoms with Crippen molar-refractivity contribution in [3.8, 4) is 0 Å². The molecular weight excluding hydrogens is 280 g/mol. The van der Waals surface area contributed by atoms with E-state index in [9.17, 15) is 0 Å². The van der Waals surface area contributed by atoms with E-state index in [0.717, 1.165) is 5.92 Å². The van der Waals surface area contributed by atoms with Crippen LogP contribution in [0.15, 0.2) is 0 Å². The zero-order chi connectivity index (χ0) is 14.9. The lowest BCUT2D eigenvalue weighted by Crippen LogP contribution is -2.18. The van der Waals surface area contributed by atoms with Gasteiger partial charge in [-0.3, -0.25) is 0 Å². The van der Waals surface area contributed by atoms with Crippen LogP contribution in [0, 0.1) is 5.92 Å². The Bertz CT molecular complexity index is 271. The Kier molecular flexibility index (Phi) is 8.29. The maximum absolute atomic E-state index is 5.61. The Morgan fingerprint density at radius 3 is 2.19 bits per heavy atom. The highest BCUT2D eigenvalue weighted by atomic mass is 28.3. The Morgan fingerprint density at radius 2 is 1.52 bits per heavy atom. The third kappa shape index (κ3) is 6.81. The highest BCUT2D eigenvalue weighted by Crippen LogP contribution is 2.41. The van der Waals surface area contributed by atoms with E-state index in [2.05, 4.69) is 0 Å². The number of unbranched alkanes of at least 4 members (excludes halogenated alkanes) is 6. The summed E-state index contributed by atoms with van der Waals surface area (Å²) < 4.78 is 16.3. The summed E-state index contributed by atoms with van der Waals surface area (Å²) in [7, 11) is 2.27. The lowest BCUT2D eigenvalue weighted by molar-refractivity contribution is 0.276. The summed E-state index contributed by atoms with van der Waals surface area (Å²) in [6, 6.07) is 1.17. The summed E-state index contributed by atoms with van der Waals surface area (Å²) in [5, 5.41) is 0. The first-order chi connectivity index (χ1) is 10.3. The monoisotopic (exact) mass is 314 g/mol. The van der Waals surface area contributed by atoms with Crippen molar-refractivity contribution in [1.82, 2.24) is 0 Å². The molecule has 1 saturated carbocycles. The van der Waals surface area contributed by atoms with E-state index >= 15 is 0 Å². The maximum Gasteiger partial charge on any atom is 0.320 e. The first-order valence-corrected chi connectivity index (χ1v) is 10.8. The second kappa shape index (κ2) is 9.98. The van der Waals surface area contributed by atoms with E-state index in [0.29, 0.717) is 12.2 Å². The van der Waals surface area contributed by atoms with Crippen molar-refractivity contribution in [3.63, 3.8) is 0 Å². The fraction of sp³-hybridized carbons (Fsp3) is 1.00. The van der Waals surface area contributed by atoms with E-state index in [-0.39, 0.29) is 0 Å². The summed E-state index contributed by atoms with van der Waals surface area (Å²) in [4.78, 5) is 0. The Morgan fingerprint density at radius 1 is 0.857 bits per heavy atom. The van der Waals surface area contributed by atoms with Gasteiger partial charge in [0.2, 0.25) is 0 Å². The van der Waals surface area contributed by atoms with E-state index in [1.54, 1.807) is 14.2 Å². The van der Waals surface area contributed by atoms with Crippen LogP contribution in [0.1, 0.15) is 70.6 Å². The predicted octanol–water partition coefficient (Wildman–Crippen LogP) is 4.19. The smallest absolute Gasteiger partial charge is 0.320 e. The fourth-order valence-electron chi connectivity index (χ4n) is 3.71. The van der Waals surface area contributed by atoms with Gasteiger partial charge in [-0.15, -0.1) is 0 Å². The molecule has 0 spiro atoms. The van der Waals surface area contributed by atoms with Crippen LogP contribution in [-0.2, 0) is 13.6 Å². The Hall–Kier alpha value is 0.0969. The molecule has 1 aliphatic heterocycles. The summed E-state index contributed by atoms with van der Waals surface area (Å²) >= 11 is 0. The molecule has 0 N–H and O–H groups in total. The number of hydrogen-bond donors (Lipinski definition) is 0. The predicted molar refractivity (Wildman–Crippen MR) is 88.9 cm³/mol. The van der Waals surface area contributed by atoms with Crippen molar-refractivity contribution in [2.24, 2.45) is 5.92 Å². The minimum Gasteiger partial charge on any atom is -0.400 e. The second-order valence-electron chi connectivity index (χ2n) is 6.85. The highest BCUT2D eigenvalue weighted by molar-refractivity contribution is 6.44. The van der Waals surface area contributed by atoms with Gasteiger partial charge in [-0.05, 0) is 31.2 Å². The van der Waals surface area contributed by atoms with Crippen LogP contribution in [0.25, 0.3) is 0 Å². The normalized spacial score (nSPS) is 27.9. The molecule has 3 unspecified atom stereocenters. The topological polar surface area (TPSA) is 31.0 Å². The highest BCUT2D eigenvalue weighted by Gasteiger charge is 2.43. The number of fused-ring (bicyclic) bond motifs is 1. The molecule has 21 heavy (non-hydrogen) atoms. The number of epoxide rings is 1. The van der Waals surface area contributed by atoms with Gasteiger partial charge in [0.05, 0.1) is 12.2 Å². The van der Waals surface area contributed by atoms with Crippen molar-refractivity contribution < 1.29 is 13.6 Å². The zero-order valence-corrected chi connectivity index (χ0v) is 15.2. The maximum atomic E-state index is 5.61. The van der Waals surface area contributed by atoms with Crippen LogP contribution in [-0.4, -0.2) is 35.7 Å². The molecular formula is C17H34O3Si. The molecule has 0 aromatic carbocycles. The summed E-state index contributed by atoms with van der Waals surface area (Å²) in [5.41, 5.74) is 0. The molecule has 1 saturated heterocycles. The lowest BCUT2D eigenvalue weighted by atomic mass is 9.85. The summed E-state index contributed by atoms with van der Waals surface area (Å²) in [5.74, 6) is 0.971. The van der Waals surface area contributed by atoms with Gasteiger partial charge in [-0.2, -0.15) is 0 Å². The van der Waals surface area contributed by atoms with Crippen molar-refractivity contribution in [2.45, 2.75) is 88.9 Å².